The van der Waals surface area contributed by atoms with Gasteiger partial charge in [0, 0.05) is 5.02 Å². The molecule has 0 radical (unpaired) electrons. The summed E-state index contributed by atoms with van der Waals surface area (Å²) in [6.07, 6.45) is 0. The minimum absolute atomic E-state index is 0.123. The molecule has 2 aromatic rings. The van der Waals surface area contributed by atoms with E-state index in [1.165, 1.54) is 30.3 Å². The Labute approximate surface area is 145 Å². The monoisotopic (exact) mass is 366 g/mol. The predicted octanol–water partition coefficient (Wildman–Crippen LogP) is 3.62. The molecule has 8 heteroatoms. The summed E-state index contributed by atoms with van der Waals surface area (Å²) in [5, 5.41) is 12.4. The maximum absolute atomic E-state index is 13.0. The van der Waals surface area contributed by atoms with Gasteiger partial charge in [-0.15, -0.1) is 0 Å². The second-order valence-electron chi connectivity index (χ2n) is 4.90. The molecular weight excluding hydrogens is 358 g/mol. The minimum atomic E-state index is -0.753. The number of benzene rings is 2. The van der Waals surface area contributed by atoms with Gasteiger partial charge in [0.15, 0.2) is 0 Å². The first-order valence-electron chi connectivity index (χ1n) is 6.68. The van der Waals surface area contributed by atoms with Gasteiger partial charge in [0.1, 0.15) is 22.3 Å². The van der Waals surface area contributed by atoms with Gasteiger partial charge in [-0.2, -0.15) is 0 Å². The molecule has 0 bridgehead atoms. The Bertz CT molecular complexity index is 881. The van der Waals surface area contributed by atoms with Gasteiger partial charge in [-0.05, 0) is 42.5 Å². The van der Waals surface area contributed by atoms with Gasteiger partial charge in [-0.1, -0.05) is 23.2 Å². The van der Waals surface area contributed by atoms with Crippen molar-refractivity contribution in [3.05, 3.63) is 64.0 Å². The van der Waals surface area contributed by atoms with E-state index in [0.717, 1.165) is 17.0 Å². The van der Waals surface area contributed by atoms with Gasteiger partial charge in [-0.3, -0.25) is 9.59 Å². The smallest absolute Gasteiger partial charge is 0.283 e. The number of carbonyl (C=O) groups is 2. The van der Waals surface area contributed by atoms with Crippen LogP contribution in [0.1, 0.15) is 0 Å². The van der Waals surface area contributed by atoms with Crippen LogP contribution < -0.4 is 10.2 Å². The Morgan fingerprint density at radius 1 is 1.00 bits per heavy atom. The lowest BCUT2D eigenvalue weighted by atomic mass is 10.2. The fraction of sp³-hybridized carbons (Fsp3) is 0. The van der Waals surface area contributed by atoms with Crippen LogP contribution in [0.3, 0.4) is 0 Å². The fourth-order valence-corrected chi connectivity index (χ4v) is 2.56. The highest BCUT2D eigenvalue weighted by Gasteiger charge is 2.39. The average Bonchev–Trinajstić information content (AvgIpc) is 2.76. The maximum atomic E-state index is 13.0. The number of phenols is 1. The average molecular weight is 367 g/mol. The molecule has 0 fully saturated rings. The lowest BCUT2D eigenvalue weighted by molar-refractivity contribution is -0.120. The summed E-state index contributed by atoms with van der Waals surface area (Å²) >= 11 is 11.8. The molecule has 0 unspecified atom stereocenters. The topological polar surface area (TPSA) is 69.6 Å². The normalized spacial score (nSPS) is 14.5. The summed E-state index contributed by atoms with van der Waals surface area (Å²) in [5.74, 6) is -2.15. The van der Waals surface area contributed by atoms with Crippen molar-refractivity contribution in [1.29, 1.82) is 0 Å². The Balaban J connectivity index is 1.94. The summed E-state index contributed by atoms with van der Waals surface area (Å²) in [6.45, 7) is 0. The third-order valence-corrected chi connectivity index (χ3v) is 3.92. The molecule has 122 valence electrons. The van der Waals surface area contributed by atoms with Gasteiger partial charge in [0.25, 0.3) is 11.8 Å². The van der Waals surface area contributed by atoms with Crippen molar-refractivity contribution < 1.29 is 19.1 Å². The highest BCUT2D eigenvalue weighted by Crippen LogP contribution is 2.33. The fourth-order valence-electron chi connectivity index (χ4n) is 2.18. The van der Waals surface area contributed by atoms with Crippen molar-refractivity contribution in [3.8, 4) is 5.75 Å². The summed E-state index contributed by atoms with van der Waals surface area (Å²) in [5.41, 5.74) is 0.0954. The molecule has 0 saturated carbocycles. The number of imide groups is 1. The Hall–Kier alpha value is -2.57. The van der Waals surface area contributed by atoms with Crippen molar-refractivity contribution in [2.45, 2.75) is 0 Å². The van der Waals surface area contributed by atoms with E-state index in [1.807, 2.05) is 0 Å². The Morgan fingerprint density at radius 2 is 1.67 bits per heavy atom. The van der Waals surface area contributed by atoms with Crippen LogP contribution in [0.4, 0.5) is 15.8 Å². The number of rotatable bonds is 3. The molecule has 1 heterocycles. The minimum Gasteiger partial charge on any atom is -0.506 e. The Morgan fingerprint density at radius 3 is 2.33 bits per heavy atom. The van der Waals surface area contributed by atoms with Crippen LogP contribution in [0.15, 0.2) is 53.2 Å². The molecule has 0 aromatic heterocycles. The molecule has 5 nitrogen and oxygen atoms in total. The number of hydrogen-bond acceptors (Lipinski definition) is 4. The first-order chi connectivity index (χ1) is 11.4. The number of halogens is 3. The van der Waals surface area contributed by atoms with Crippen molar-refractivity contribution in [1.82, 2.24) is 0 Å². The number of hydrogen-bond donors (Lipinski definition) is 2. The molecular formula is C16H9Cl2FN2O3. The van der Waals surface area contributed by atoms with E-state index in [0.29, 0.717) is 5.02 Å². The number of anilines is 2. The second-order valence-corrected chi connectivity index (χ2v) is 5.71. The first kappa shape index (κ1) is 16.3. The van der Waals surface area contributed by atoms with Crippen LogP contribution in [-0.4, -0.2) is 16.9 Å². The standard InChI is InChI=1S/C16H9Cl2FN2O3/c17-8-1-6-12(22)11(7-8)20-14-13(18)15(23)21(16(14)24)10-4-2-9(19)3-5-10/h1-7,20,22H. The summed E-state index contributed by atoms with van der Waals surface area (Å²) in [7, 11) is 0. The van der Waals surface area contributed by atoms with Crippen LogP contribution >= 0.6 is 23.2 Å². The number of nitrogens with one attached hydrogen (secondary N) is 1. The molecule has 2 amide bonds. The summed E-state index contributed by atoms with van der Waals surface area (Å²) in [4.78, 5) is 25.6. The number of amides is 2. The molecule has 0 saturated heterocycles. The van der Waals surface area contributed by atoms with E-state index in [9.17, 15) is 19.1 Å². The van der Waals surface area contributed by atoms with Crippen LogP contribution in [0.5, 0.6) is 5.75 Å². The summed E-state index contributed by atoms with van der Waals surface area (Å²) in [6, 6.07) is 9.00. The second kappa shape index (κ2) is 6.14. The molecule has 0 atom stereocenters. The lowest BCUT2D eigenvalue weighted by Gasteiger charge is -2.15. The maximum Gasteiger partial charge on any atom is 0.283 e. The van der Waals surface area contributed by atoms with E-state index in [1.54, 1.807) is 0 Å². The van der Waals surface area contributed by atoms with E-state index < -0.39 is 17.6 Å². The van der Waals surface area contributed by atoms with Gasteiger partial charge in [-0.25, -0.2) is 9.29 Å². The zero-order chi connectivity index (χ0) is 17.4. The predicted molar refractivity (Wildman–Crippen MR) is 88.5 cm³/mol. The van der Waals surface area contributed by atoms with E-state index in [-0.39, 0.29) is 27.9 Å². The van der Waals surface area contributed by atoms with Crippen LogP contribution in [0.2, 0.25) is 5.02 Å². The van der Waals surface area contributed by atoms with Crippen molar-refractivity contribution in [2.24, 2.45) is 0 Å². The molecule has 24 heavy (non-hydrogen) atoms. The summed E-state index contributed by atoms with van der Waals surface area (Å²) < 4.78 is 13.0. The van der Waals surface area contributed by atoms with Crippen LogP contribution in [0.25, 0.3) is 0 Å². The molecule has 2 aromatic carbocycles. The van der Waals surface area contributed by atoms with Gasteiger partial charge in [0.05, 0.1) is 11.4 Å². The molecule has 2 N–H and O–H groups in total. The van der Waals surface area contributed by atoms with Gasteiger partial charge >= 0.3 is 0 Å². The number of carbonyl (C=O) groups excluding carboxylic acids is 2. The molecule has 0 spiro atoms. The highest BCUT2D eigenvalue weighted by atomic mass is 35.5. The SMILES string of the molecule is O=C1C(Cl)=C(Nc2cc(Cl)ccc2O)C(=O)N1c1ccc(F)cc1. The van der Waals surface area contributed by atoms with Crippen LogP contribution in [0, 0.1) is 5.82 Å². The zero-order valence-corrected chi connectivity index (χ0v) is 13.4. The van der Waals surface area contributed by atoms with Gasteiger partial charge < -0.3 is 10.4 Å². The van der Waals surface area contributed by atoms with E-state index >= 15 is 0 Å². The Kier molecular flexibility index (Phi) is 4.17. The highest BCUT2D eigenvalue weighted by molar-refractivity contribution is 6.53. The van der Waals surface area contributed by atoms with E-state index in [2.05, 4.69) is 5.32 Å². The largest absolute Gasteiger partial charge is 0.506 e. The number of aromatic hydroxyl groups is 1. The van der Waals surface area contributed by atoms with E-state index in [4.69, 9.17) is 23.2 Å². The number of nitrogens with zero attached hydrogens (tertiary/aromatic N) is 1. The third-order valence-electron chi connectivity index (χ3n) is 3.33. The first-order valence-corrected chi connectivity index (χ1v) is 7.43. The lowest BCUT2D eigenvalue weighted by Crippen LogP contribution is -2.32. The van der Waals surface area contributed by atoms with Crippen molar-refractivity contribution >= 4 is 46.4 Å². The van der Waals surface area contributed by atoms with Gasteiger partial charge in [0.2, 0.25) is 0 Å². The molecule has 1 aliphatic heterocycles. The quantitative estimate of drug-likeness (QED) is 0.642. The molecule has 3 rings (SSSR count). The third kappa shape index (κ3) is 2.81. The van der Waals surface area contributed by atoms with Crippen molar-refractivity contribution in [3.63, 3.8) is 0 Å². The van der Waals surface area contributed by atoms with Crippen molar-refractivity contribution in [2.75, 3.05) is 10.2 Å². The zero-order valence-electron chi connectivity index (χ0n) is 11.9. The molecule has 0 aliphatic carbocycles. The molecule has 1 aliphatic rings. The van der Waals surface area contributed by atoms with Crippen LogP contribution in [-0.2, 0) is 9.59 Å². The number of phenolic OH excluding ortho intramolecular Hbond substituents is 1.